The molecule has 1 atom stereocenters. The van der Waals surface area contributed by atoms with E-state index in [4.69, 9.17) is 11.6 Å². The number of nitrogens with zero attached hydrogens (tertiary/aromatic N) is 1. The number of alkyl halides is 1. The van der Waals surface area contributed by atoms with Crippen LogP contribution in [-0.4, -0.2) is 5.84 Å². The van der Waals surface area contributed by atoms with Crippen LogP contribution in [-0.2, 0) is 10.4 Å². The number of hydrogen-bond acceptors (Lipinski definition) is 2. The molecule has 0 fully saturated rings. The maximum absolute atomic E-state index is 6.69. The average molecular weight is 263 g/mol. The molecule has 0 saturated heterocycles. The second-order valence-electron chi connectivity index (χ2n) is 5.64. The van der Waals surface area contributed by atoms with Gasteiger partial charge in [-0.1, -0.05) is 56.6 Å². The first kappa shape index (κ1) is 13.2. The van der Waals surface area contributed by atoms with Gasteiger partial charge < -0.3 is 5.32 Å². The van der Waals surface area contributed by atoms with Crippen LogP contribution >= 0.6 is 11.6 Å². The van der Waals surface area contributed by atoms with Gasteiger partial charge >= 0.3 is 0 Å². The van der Waals surface area contributed by atoms with Crippen LogP contribution in [0.4, 0.5) is 0 Å². The Morgan fingerprint density at radius 1 is 1.22 bits per heavy atom. The van der Waals surface area contributed by atoms with Gasteiger partial charge in [0, 0.05) is 11.8 Å². The summed E-state index contributed by atoms with van der Waals surface area (Å²) in [6.45, 7) is 8.48. The van der Waals surface area contributed by atoms with Gasteiger partial charge in [0.05, 0.1) is 0 Å². The highest BCUT2D eigenvalue weighted by molar-refractivity contribution is 6.26. The predicted octanol–water partition coefficient (Wildman–Crippen LogP) is 3.91. The number of nitrogens with one attached hydrogen (secondary N) is 1. The highest BCUT2D eigenvalue weighted by Crippen LogP contribution is 2.39. The summed E-state index contributed by atoms with van der Waals surface area (Å²) in [5.74, 6) is 0.830. The third-order valence-corrected chi connectivity index (χ3v) is 3.45. The van der Waals surface area contributed by atoms with Crippen molar-refractivity contribution in [2.24, 2.45) is 4.99 Å². The quantitative estimate of drug-likeness (QED) is 0.602. The Bertz CT molecular complexity index is 511. The lowest BCUT2D eigenvalue weighted by atomic mass is 9.81. The molecule has 0 aromatic heterocycles. The van der Waals surface area contributed by atoms with Crippen LogP contribution in [0.25, 0.3) is 0 Å². The van der Waals surface area contributed by atoms with E-state index >= 15 is 0 Å². The van der Waals surface area contributed by atoms with Crippen molar-refractivity contribution >= 4 is 17.4 Å². The molecule has 0 amide bonds. The van der Waals surface area contributed by atoms with Crippen molar-refractivity contribution in [1.82, 2.24) is 5.32 Å². The van der Waals surface area contributed by atoms with Crippen molar-refractivity contribution < 1.29 is 0 Å². The number of rotatable bonds is 1. The van der Waals surface area contributed by atoms with Crippen LogP contribution in [0, 0.1) is 0 Å². The topological polar surface area (TPSA) is 24.4 Å². The fourth-order valence-electron chi connectivity index (χ4n) is 2.18. The Morgan fingerprint density at radius 2 is 1.89 bits per heavy atom. The minimum atomic E-state index is -0.792. The third-order valence-electron chi connectivity index (χ3n) is 3.04. The Balaban J connectivity index is 2.58. The molecule has 0 radical (unpaired) electrons. The Labute approximate surface area is 114 Å². The molecule has 2 rings (SSSR count). The van der Waals surface area contributed by atoms with Crippen molar-refractivity contribution in [3.63, 3.8) is 0 Å². The lowest BCUT2D eigenvalue weighted by Gasteiger charge is -2.30. The van der Waals surface area contributed by atoms with Gasteiger partial charge in [0.25, 0.3) is 0 Å². The van der Waals surface area contributed by atoms with E-state index in [0.717, 1.165) is 11.4 Å². The van der Waals surface area contributed by atoms with Gasteiger partial charge in [0.1, 0.15) is 5.84 Å². The normalized spacial score (nSPS) is 23.5. The van der Waals surface area contributed by atoms with E-state index in [9.17, 15) is 0 Å². The summed E-state index contributed by atoms with van der Waals surface area (Å²) in [5, 5.41) is 3.05. The van der Waals surface area contributed by atoms with Crippen molar-refractivity contribution in [3.8, 4) is 0 Å². The summed E-state index contributed by atoms with van der Waals surface area (Å²) < 4.78 is 0. The number of hydrogen-bond donors (Lipinski definition) is 1. The van der Waals surface area contributed by atoms with Crippen LogP contribution in [0.5, 0.6) is 0 Å². The largest absolute Gasteiger partial charge is 0.351 e. The molecule has 2 nitrogen and oxygen atoms in total. The molecule has 18 heavy (non-hydrogen) atoms. The molecule has 3 heteroatoms. The predicted molar refractivity (Wildman–Crippen MR) is 78.1 cm³/mol. The molecule has 1 heterocycles. The van der Waals surface area contributed by atoms with Crippen molar-refractivity contribution in [2.75, 3.05) is 0 Å². The maximum atomic E-state index is 6.69. The van der Waals surface area contributed by atoms with Crippen LogP contribution in [0.1, 0.15) is 38.8 Å². The van der Waals surface area contributed by atoms with Crippen LogP contribution in [0.15, 0.2) is 41.5 Å². The van der Waals surface area contributed by atoms with Crippen molar-refractivity contribution in [3.05, 3.63) is 47.7 Å². The SMILES string of the molecule is CC1=NC(Cl)(c2ccccc2C(C)(C)C)C=CN1. The third kappa shape index (κ3) is 2.44. The molecular weight excluding hydrogens is 244 g/mol. The zero-order valence-electron chi connectivity index (χ0n) is 11.3. The molecule has 1 N–H and O–H groups in total. The van der Waals surface area contributed by atoms with Gasteiger partial charge in [0.15, 0.2) is 5.00 Å². The van der Waals surface area contributed by atoms with Crippen LogP contribution < -0.4 is 5.32 Å². The molecule has 0 aliphatic carbocycles. The molecule has 0 spiro atoms. The number of halogens is 1. The molecule has 0 saturated carbocycles. The number of aliphatic imine (C=N–C) groups is 1. The van der Waals surface area contributed by atoms with Gasteiger partial charge in [-0.2, -0.15) is 0 Å². The lowest BCUT2D eigenvalue weighted by molar-refractivity contribution is 0.573. The summed E-state index contributed by atoms with van der Waals surface area (Å²) >= 11 is 6.69. The van der Waals surface area contributed by atoms with E-state index in [1.54, 1.807) is 0 Å². The number of benzene rings is 1. The van der Waals surface area contributed by atoms with E-state index in [1.807, 2.05) is 31.3 Å². The van der Waals surface area contributed by atoms with Gasteiger partial charge in [-0.05, 0) is 24.0 Å². The monoisotopic (exact) mass is 262 g/mol. The summed E-state index contributed by atoms with van der Waals surface area (Å²) in [6.07, 6.45) is 3.75. The minimum absolute atomic E-state index is 0.0423. The van der Waals surface area contributed by atoms with Crippen molar-refractivity contribution in [2.45, 2.75) is 38.1 Å². The van der Waals surface area contributed by atoms with E-state index < -0.39 is 5.00 Å². The van der Waals surface area contributed by atoms with E-state index in [-0.39, 0.29) is 5.41 Å². The lowest BCUT2D eigenvalue weighted by Crippen LogP contribution is -2.29. The second kappa shape index (κ2) is 4.43. The van der Waals surface area contributed by atoms with Gasteiger partial charge in [-0.15, -0.1) is 0 Å². The Kier molecular flexibility index (Phi) is 3.24. The molecule has 0 bridgehead atoms. The summed E-state index contributed by atoms with van der Waals surface area (Å²) in [4.78, 5) is 3.75. The molecule has 1 aromatic carbocycles. The molecule has 96 valence electrons. The molecular formula is C15H19ClN2. The van der Waals surface area contributed by atoms with Crippen LogP contribution in [0.3, 0.4) is 0 Å². The zero-order valence-corrected chi connectivity index (χ0v) is 12.0. The van der Waals surface area contributed by atoms with Gasteiger partial charge in [-0.3, -0.25) is 0 Å². The van der Waals surface area contributed by atoms with Gasteiger partial charge in [-0.25, -0.2) is 4.99 Å². The maximum Gasteiger partial charge on any atom is 0.181 e. The highest BCUT2D eigenvalue weighted by atomic mass is 35.5. The fraction of sp³-hybridized carbons (Fsp3) is 0.400. The van der Waals surface area contributed by atoms with E-state index in [1.165, 1.54) is 5.56 Å². The first-order valence-electron chi connectivity index (χ1n) is 6.12. The Hall–Kier alpha value is -1.28. The van der Waals surface area contributed by atoms with Crippen molar-refractivity contribution in [1.29, 1.82) is 0 Å². The van der Waals surface area contributed by atoms with E-state index in [2.05, 4.69) is 43.2 Å². The molecule has 1 aromatic rings. The smallest absolute Gasteiger partial charge is 0.181 e. The highest BCUT2D eigenvalue weighted by Gasteiger charge is 2.33. The standard InChI is InChI=1S/C15H19ClN2/c1-11-17-10-9-15(16,18-11)13-8-6-5-7-12(13)14(2,3)4/h5-10H,1-4H3,(H,17,18). The van der Waals surface area contributed by atoms with Crippen LogP contribution in [0.2, 0.25) is 0 Å². The molecule has 1 unspecified atom stereocenters. The average Bonchev–Trinajstić information content (AvgIpc) is 2.27. The first-order chi connectivity index (χ1) is 8.33. The van der Waals surface area contributed by atoms with E-state index in [0.29, 0.717) is 0 Å². The zero-order chi connectivity index (χ0) is 13.4. The first-order valence-corrected chi connectivity index (χ1v) is 6.50. The Morgan fingerprint density at radius 3 is 2.50 bits per heavy atom. The summed E-state index contributed by atoms with van der Waals surface area (Å²) in [6, 6.07) is 8.24. The van der Waals surface area contributed by atoms with Gasteiger partial charge in [0.2, 0.25) is 0 Å². The minimum Gasteiger partial charge on any atom is -0.351 e. The molecule has 1 aliphatic heterocycles. The second-order valence-corrected chi connectivity index (χ2v) is 6.22. The molecule has 1 aliphatic rings. The number of amidine groups is 1. The fourth-order valence-corrected chi connectivity index (χ4v) is 2.53. The summed E-state index contributed by atoms with van der Waals surface area (Å²) in [5.41, 5.74) is 2.32. The summed E-state index contributed by atoms with van der Waals surface area (Å²) in [7, 11) is 0.